The summed E-state index contributed by atoms with van der Waals surface area (Å²) in [5.74, 6) is -0.377. The van der Waals surface area contributed by atoms with E-state index < -0.39 is 0 Å². The standard InChI is InChI=1S/C12H13FN2O/c1-7(14-2)12(16)10-6-15-11-4-3-8(13)5-9(10)11/h3-7,14-15H,1-2H3/t7-/m1/s1. The van der Waals surface area contributed by atoms with Gasteiger partial charge in [-0.1, -0.05) is 0 Å². The van der Waals surface area contributed by atoms with Crippen LogP contribution in [-0.4, -0.2) is 23.9 Å². The molecule has 2 aromatic rings. The largest absolute Gasteiger partial charge is 0.360 e. The Morgan fingerprint density at radius 3 is 2.94 bits per heavy atom. The molecular weight excluding hydrogens is 207 g/mol. The first-order valence-corrected chi connectivity index (χ1v) is 5.11. The maximum absolute atomic E-state index is 13.1. The molecule has 84 valence electrons. The minimum absolute atomic E-state index is 0.0423. The number of Topliss-reactive ketones (excluding diaryl/α,β-unsaturated/α-hetero) is 1. The van der Waals surface area contributed by atoms with Crippen LogP contribution >= 0.6 is 0 Å². The molecule has 0 aliphatic heterocycles. The topological polar surface area (TPSA) is 44.9 Å². The quantitative estimate of drug-likeness (QED) is 0.778. The van der Waals surface area contributed by atoms with Crippen LogP contribution in [-0.2, 0) is 0 Å². The molecule has 0 bridgehead atoms. The molecule has 1 aromatic carbocycles. The molecule has 1 heterocycles. The van der Waals surface area contributed by atoms with Crippen molar-refractivity contribution < 1.29 is 9.18 Å². The van der Waals surface area contributed by atoms with E-state index in [1.165, 1.54) is 12.1 Å². The molecule has 2 rings (SSSR count). The van der Waals surface area contributed by atoms with Crippen LogP contribution in [0, 0.1) is 5.82 Å². The Labute approximate surface area is 92.7 Å². The summed E-state index contributed by atoms with van der Waals surface area (Å²) in [6, 6.07) is 4.10. The van der Waals surface area contributed by atoms with E-state index in [1.807, 2.05) is 0 Å². The second-order valence-electron chi connectivity index (χ2n) is 3.77. The molecule has 0 amide bonds. The molecular formula is C12H13FN2O. The normalized spacial score (nSPS) is 12.9. The lowest BCUT2D eigenvalue weighted by Crippen LogP contribution is -2.30. The van der Waals surface area contributed by atoms with Crippen molar-refractivity contribution in [2.24, 2.45) is 0 Å². The number of likely N-dealkylation sites (N-methyl/N-ethyl adjacent to an activating group) is 1. The number of fused-ring (bicyclic) bond motifs is 1. The number of carbonyl (C=O) groups excluding carboxylic acids is 1. The van der Waals surface area contributed by atoms with Gasteiger partial charge in [0, 0.05) is 22.7 Å². The Morgan fingerprint density at radius 2 is 2.25 bits per heavy atom. The summed E-state index contributed by atoms with van der Waals surface area (Å²) >= 11 is 0. The molecule has 0 aliphatic carbocycles. The highest BCUT2D eigenvalue weighted by Crippen LogP contribution is 2.20. The summed E-state index contributed by atoms with van der Waals surface area (Å²) in [6.45, 7) is 1.78. The van der Waals surface area contributed by atoms with Gasteiger partial charge in [-0.15, -0.1) is 0 Å². The summed E-state index contributed by atoms with van der Waals surface area (Å²) in [7, 11) is 1.72. The first-order valence-electron chi connectivity index (χ1n) is 5.11. The second kappa shape index (κ2) is 4.06. The fraction of sp³-hybridized carbons (Fsp3) is 0.250. The fourth-order valence-electron chi connectivity index (χ4n) is 1.66. The molecule has 0 spiro atoms. The van der Waals surface area contributed by atoms with Crippen molar-refractivity contribution >= 4 is 16.7 Å². The number of ketones is 1. The van der Waals surface area contributed by atoms with Crippen LogP contribution in [0.1, 0.15) is 17.3 Å². The summed E-state index contributed by atoms with van der Waals surface area (Å²) in [5, 5.41) is 3.51. The molecule has 3 nitrogen and oxygen atoms in total. The Hall–Kier alpha value is -1.68. The number of hydrogen-bond acceptors (Lipinski definition) is 2. The third-order valence-electron chi connectivity index (χ3n) is 2.74. The maximum atomic E-state index is 13.1. The van der Waals surface area contributed by atoms with Gasteiger partial charge in [-0.2, -0.15) is 0 Å². The van der Waals surface area contributed by atoms with E-state index in [0.29, 0.717) is 10.9 Å². The lowest BCUT2D eigenvalue weighted by Gasteiger charge is -2.07. The van der Waals surface area contributed by atoms with Gasteiger partial charge in [-0.3, -0.25) is 4.79 Å². The van der Waals surface area contributed by atoms with Crippen molar-refractivity contribution in [3.63, 3.8) is 0 Å². The molecule has 0 aliphatic rings. The maximum Gasteiger partial charge on any atom is 0.181 e. The van der Waals surface area contributed by atoms with E-state index in [0.717, 1.165) is 5.52 Å². The third-order valence-corrected chi connectivity index (χ3v) is 2.74. The smallest absolute Gasteiger partial charge is 0.181 e. The van der Waals surface area contributed by atoms with E-state index >= 15 is 0 Å². The Kier molecular flexibility index (Phi) is 2.75. The zero-order valence-electron chi connectivity index (χ0n) is 9.17. The van der Waals surface area contributed by atoms with Gasteiger partial charge in [-0.25, -0.2) is 4.39 Å². The van der Waals surface area contributed by atoms with Crippen LogP contribution in [0.5, 0.6) is 0 Å². The van der Waals surface area contributed by atoms with Gasteiger partial charge in [0.25, 0.3) is 0 Å². The summed E-state index contributed by atoms with van der Waals surface area (Å²) in [5.41, 5.74) is 1.30. The lowest BCUT2D eigenvalue weighted by molar-refractivity contribution is 0.0956. The predicted octanol–water partition coefficient (Wildman–Crippen LogP) is 2.10. The average molecular weight is 220 g/mol. The molecule has 4 heteroatoms. The number of carbonyl (C=O) groups is 1. The summed E-state index contributed by atoms with van der Waals surface area (Å²) < 4.78 is 13.1. The van der Waals surface area contributed by atoms with Crippen LogP contribution in [0.25, 0.3) is 10.9 Å². The molecule has 2 N–H and O–H groups in total. The van der Waals surface area contributed by atoms with Gasteiger partial charge < -0.3 is 10.3 Å². The Balaban J connectivity index is 2.53. The molecule has 0 unspecified atom stereocenters. The lowest BCUT2D eigenvalue weighted by atomic mass is 10.0. The number of aromatic amines is 1. The van der Waals surface area contributed by atoms with Gasteiger partial charge in [0.15, 0.2) is 5.78 Å². The van der Waals surface area contributed by atoms with Crippen molar-refractivity contribution in [2.75, 3.05) is 7.05 Å². The summed E-state index contributed by atoms with van der Waals surface area (Å²) in [4.78, 5) is 14.9. The van der Waals surface area contributed by atoms with Crippen molar-refractivity contribution in [3.8, 4) is 0 Å². The first-order chi connectivity index (χ1) is 7.63. The van der Waals surface area contributed by atoms with Gasteiger partial charge in [-0.05, 0) is 32.2 Å². The monoisotopic (exact) mass is 220 g/mol. The van der Waals surface area contributed by atoms with Crippen molar-refractivity contribution in [2.45, 2.75) is 13.0 Å². The molecule has 0 saturated carbocycles. The minimum Gasteiger partial charge on any atom is -0.360 e. The van der Waals surface area contributed by atoms with Crippen LogP contribution in [0.15, 0.2) is 24.4 Å². The highest BCUT2D eigenvalue weighted by molar-refractivity contribution is 6.10. The van der Waals surface area contributed by atoms with Crippen LogP contribution < -0.4 is 5.32 Å². The van der Waals surface area contributed by atoms with Gasteiger partial charge in [0.1, 0.15) is 5.82 Å². The van der Waals surface area contributed by atoms with Crippen molar-refractivity contribution in [1.82, 2.24) is 10.3 Å². The zero-order chi connectivity index (χ0) is 11.7. The number of aromatic nitrogens is 1. The van der Waals surface area contributed by atoms with E-state index in [4.69, 9.17) is 0 Å². The van der Waals surface area contributed by atoms with Crippen LogP contribution in [0.2, 0.25) is 0 Å². The van der Waals surface area contributed by atoms with Crippen LogP contribution in [0.4, 0.5) is 4.39 Å². The highest BCUT2D eigenvalue weighted by atomic mass is 19.1. The second-order valence-corrected chi connectivity index (χ2v) is 3.77. The first kappa shape index (κ1) is 10.8. The molecule has 0 radical (unpaired) electrons. The molecule has 1 atom stereocenters. The van der Waals surface area contributed by atoms with Crippen molar-refractivity contribution in [1.29, 1.82) is 0 Å². The van der Waals surface area contributed by atoms with E-state index in [9.17, 15) is 9.18 Å². The molecule has 16 heavy (non-hydrogen) atoms. The van der Waals surface area contributed by atoms with Gasteiger partial charge in [0.2, 0.25) is 0 Å². The SMILES string of the molecule is CN[C@H](C)C(=O)c1c[nH]c2ccc(F)cc12. The zero-order valence-corrected chi connectivity index (χ0v) is 9.17. The fourth-order valence-corrected chi connectivity index (χ4v) is 1.66. The predicted molar refractivity (Wildman–Crippen MR) is 61.1 cm³/mol. The van der Waals surface area contributed by atoms with Gasteiger partial charge in [0.05, 0.1) is 6.04 Å². The minimum atomic E-state index is -0.335. The Bertz CT molecular complexity index is 533. The highest BCUT2D eigenvalue weighted by Gasteiger charge is 2.17. The van der Waals surface area contributed by atoms with E-state index in [1.54, 1.807) is 26.2 Å². The number of H-pyrrole nitrogens is 1. The Morgan fingerprint density at radius 1 is 1.50 bits per heavy atom. The molecule has 0 saturated heterocycles. The van der Waals surface area contributed by atoms with E-state index in [2.05, 4.69) is 10.3 Å². The average Bonchev–Trinajstić information content (AvgIpc) is 2.69. The number of benzene rings is 1. The number of nitrogens with one attached hydrogen (secondary N) is 2. The van der Waals surface area contributed by atoms with Crippen molar-refractivity contribution in [3.05, 3.63) is 35.8 Å². The number of rotatable bonds is 3. The number of hydrogen-bond donors (Lipinski definition) is 2. The molecule has 0 fully saturated rings. The third kappa shape index (κ3) is 1.72. The van der Waals surface area contributed by atoms with E-state index in [-0.39, 0.29) is 17.6 Å². The summed E-state index contributed by atoms with van der Waals surface area (Å²) in [6.07, 6.45) is 1.63. The van der Waals surface area contributed by atoms with Crippen LogP contribution in [0.3, 0.4) is 0 Å². The number of halogens is 1. The van der Waals surface area contributed by atoms with Gasteiger partial charge >= 0.3 is 0 Å². The molecule has 1 aromatic heterocycles.